The molecule has 0 amide bonds. The minimum absolute atomic E-state index is 0.198. The van der Waals surface area contributed by atoms with Crippen molar-refractivity contribution in [1.29, 1.82) is 0 Å². The number of rotatable bonds is 4. The van der Waals surface area contributed by atoms with Crippen molar-refractivity contribution in [1.82, 2.24) is 0 Å². The average molecular weight is 218 g/mol. The summed E-state index contributed by atoms with van der Waals surface area (Å²) in [6, 6.07) is 0. The minimum Gasteiger partial charge on any atom is -0.396 e. The molecule has 0 aromatic rings. The number of aliphatic hydroxyl groups excluding tert-OH is 1. The SMILES string of the molecule is O=[PH](CCCO)C1CCCCCCC1. The Labute approximate surface area is 87.9 Å². The van der Waals surface area contributed by atoms with Gasteiger partial charge in [0.15, 0.2) is 0 Å². The first-order chi connectivity index (χ1) is 6.84. The van der Waals surface area contributed by atoms with Crippen LogP contribution in [-0.2, 0) is 4.57 Å². The Bertz CT molecular complexity index is 163. The van der Waals surface area contributed by atoms with Gasteiger partial charge in [-0.25, -0.2) is 0 Å². The van der Waals surface area contributed by atoms with Crippen molar-refractivity contribution >= 4 is 7.80 Å². The summed E-state index contributed by atoms with van der Waals surface area (Å²) in [4.78, 5) is 0. The molecule has 1 aliphatic carbocycles. The molecule has 84 valence electrons. The van der Waals surface area contributed by atoms with Crippen LogP contribution in [0.2, 0.25) is 0 Å². The fourth-order valence-electron chi connectivity index (χ4n) is 2.24. The molecule has 0 heterocycles. The lowest BCUT2D eigenvalue weighted by molar-refractivity contribution is 0.295. The molecule has 0 bridgehead atoms. The second kappa shape index (κ2) is 7.48. The van der Waals surface area contributed by atoms with Crippen molar-refractivity contribution in [2.75, 3.05) is 12.8 Å². The molecule has 0 spiro atoms. The lowest BCUT2D eigenvalue weighted by Gasteiger charge is -2.19. The molecule has 1 N–H and O–H groups in total. The van der Waals surface area contributed by atoms with E-state index < -0.39 is 7.80 Å². The Balaban J connectivity index is 2.27. The smallest absolute Gasteiger partial charge is 0.0792 e. The van der Waals surface area contributed by atoms with Crippen molar-refractivity contribution in [3.05, 3.63) is 0 Å². The fraction of sp³-hybridized carbons (Fsp3) is 1.00. The molecule has 2 nitrogen and oxygen atoms in total. The van der Waals surface area contributed by atoms with Gasteiger partial charge < -0.3 is 9.67 Å². The molecule has 0 aromatic heterocycles. The van der Waals surface area contributed by atoms with Gasteiger partial charge in [-0.1, -0.05) is 32.1 Å². The highest BCUT2D eigenvalue weighted by atomic mass is 31.1. The van der Waals surface area contributed by atoms with E-state index in [2.05, 4.69) is 0 Å². The van der Waals surface area contributed by atoms with Gasteiger partial charge >= 0.3 is 0 Å². The molecule has 3 heteroatoms. The average Bonchev–Trinajstić information content (AvgIpc) is 2.13. The summed E-state index contributed by atoms with van der Waals surface area (Å²) >= 11 is 0. The van der Waals surface area contributed by atoms with E-state index in [4.69, 9.17) is 5.11 Å². The molecule has 1 rings (SSSR count). The molecule has 0 saturated heterocycles. The van der Waals surface area contributed by atoms with Gasteiger partial charge in [-0.2, -0.15) is 0 Å². The fourth-order valence-corrected chi connectivity index (χ4v) is 4.20. The summed E-state index contributed by atoms with van der Waals surface area (Å²) in [5.41, 5.74) is 0.492. The lowest BCUT2D eigenvalue weighted by Crippen LogP contribution is -2.07. The van der Waals surface area contributed by atoms with Crippen molar-refractivity contribution in [2.45, 2.75) is 57.0 Å². The van der Waals surface area contributed by atoms with Crippen LogP contribution < -0.4 is 0 Å². The Morgan fingerprint density at radius 2 is 1.64 bits per heavy atom. The molecule has 0 aromatic carbocycles. The first kappa shape index (κ1) is 12.3. The summed E-state index contributed by atoms with van der Waals surface area (Å²) in [5, 5.41) is 8.69. The van der Waals surface area contributed by atoms with Crippen LogP contribution in [-0.4, -0.2) is 23.5 Å². The Morgan fingerprint density at radius 3 is 2.21 bits per heavy atom. The van der Waals surface area contributed by atoms with E-state index in [1.165, 1.54) is 44.9 Å². The van der Waals surface area contributed by atoms with Crippen LogP contribution in [0.5, 0.6) is 0 Å². The zero-order valence-electron chi connectivity index (χ0n) is 9.00. The quantitative estimate of drug-likeness (QED) is 0.736. The van der Waals surface area contributed by atoms with Crippen molar-refractivity contribution in [2.24, 2.45) is 0 Å². The van der Waals surface area contributed by atoms with Crippen LogP contribution in [0.15, 0.2) is 0 Å². The Hall–Kier alpha value is 0.190. The first-order valence-electron chi connectivity index (χ1n) is 5.98. The number of hydrogen-bond acceptors (Lipinski definition) is 2. The van der Waals surface area contributed by atoms with Crippen LogP contribution in [0.3, 0.4) is 0 Å². The molecule has 1 atom stereocenters. The van der Waals surface area contributed by atoms with Gasteiger partial charge in [0.1, 0.15) is 0 Å². The molecule has 1 fully saturated rings. The van der Waals surface area contributed by atoms with Gasteiger partial charge in [0.25, 0.3) is 0 Å². The summed E-state index contributed by atoms with van der Waals surface area (Å²) in [7, 11) is -1.40. The normalized spacial score (nSPS) is 22.6. The third kappa shape index (κ3) is 4.61. The van der Waals surface area contributed by atoms with Crippen LogP contribution in [0, 0.1) is 0 Å². The third-order valence-corrected chi connectivity index (χ3v) is 5.48. The van der Waals surface area contributed by atoms with Crippen LogP contribution in [0.25, 0.3) is 0 Å². The highest BCUT2D eigenvalue weighted by Gasteiger charge is 2.16. The predicted octanol–water partition coefficient (Wildman–Crippen LogP) is 3.04. The van der Waals surface area contributed by atoms with E-state index in [1.54, 1.807) is 0 Å². The first-order valence-corrected chi connectivity index (χ1v) is 7.67. The van der Waals surface area contributed by atoms with E-state index >= 15 is 0 Å². The molecular weight excluding hydrogens is 195 g/mol. The lowest BCUT2D eigenvalue weighted by atomic mass is 10.0. The van der Waals surface area contributed by atoms with Gasteiger partial charge in [-0.3, -0.25) is 0 Å². The van der Waals surface area contributed by atoms with E-state index in [9.17, 15) is 4.57 Å². The monoisotopic (exact) mass is 218 g/mol. The predicted molar refractivity (Wildman–Crippen MR) is 61.7 cm³/mol. The summed E-state index contributed by atoms with van der Waals surface area (Å²) in [6.45, 7) is 0.198. The van der Waals surface area contributed by atoms with Gasteiger partial charge in [0, 0.05) is 18.4 Å². The number of aliphatic hydroxyl groups is 1. The second-order valence-corrected chi connectivity index (χ2v) is 6.58. The maximum atomic E-state index is 11.9. The molecular formula is C11H23O2P. The minimum atomic E-state index is -1.40. The molecule has 1 aliphatic rings. The van der Waals surface area contributed by atoms with Gasteiger partial charge in [0.2, 0.25) is 0 Å². The second-order valence-electron chi connectivity index (χ2n) is 4.34. The van der Waals surface area contributed by atoms with E-state index in [0.29, 0.717) is 5.66 Å². The Kier molecular flexibility index (Phi) is 6.55. The van der Waals surface area contributed by atoms with Crippen LogP contribution in [0.4, 0.5) is 0 Å². The van der Waals surface area contributed by atoms with Gasteiger partial charge in [-0.05, 0) is 19.3 Å². The molecule has 1 unspecified atom stereocenters. The van der Waals surface area contributed by atoms with Crippen LogP contribution in [0.1, 0.15) is 51.4 Å². The summed E-state index contributed by atoms with van der Waals surface area (Å²) in [6.07, 6.45) is 10.4. The zero-order chi connectivity index (χ0) is 10.2. The molecule has 0 radical (unpaired) electrons. The van der Waals surface area contributed by atoms with E-state index in [-0.39, 0.29) is 6.61 Å². The van der Waals surface area contributed by atoms with Crippen molar-refractivity contribution in [3.63, 3.8) is 0 Å². The van der Waals surface area contributed by atoms with Gasteiger partial charge in [-0.15, -0.1) is 0 Å². The van der Waals surface area contributed by atoms with E-state index in [0.717, 1.165) is 12.6 Å². The molecule has 14 heavy (non-hydrogen) atoms. The molecule has 1 saturated carbocycles. The van der Waals surface area contributed by atoms with E-state index in [1.807, 2.05) is 0 Å². The maximum Gasteiger partial charge on any atom is 0.0792 e. The largest absolute Gasteiger partial charge is 0.396 e. The van der Waals surface area contributed by atoms with Crippen molar-refractivity contribution in [3.8, 4) is 0 Å². The Morgan fingerprint density at radius 1 is 1.07 bits per heavy atom. The summed E-state index contributed by atoms with van der Waals surface area (Å²) < 4.78 is 11.9. The number of hydrogen-bond donors (Lipinski definition) is 1. The van der Waals surface area contributed by atoms with Crippen molar-refractivity contribution < 1.29 is 9.67 Å². The van der Waals surface area contributed by atoms with Crippen LogP contribution >= 0.6 is 7.80 Å². The standard InChI is InChI=1S/C11H23O2P/c12-9-6-10-14(13)11-7-4-2-1-3-5-8-11/h11-12,14H,1-10H2. The zero-order valence-corrected chi connectivity index (χ0v) is 10.0. The highest BCUT2D eigenvalue weighted by molar-refractivity contribution is 7.45. The van der Waals surface area contributed by atoms with Gasteiger partial charge in [0.05, 0.1) is 7.80 Å². The topological polar surface area (TPSA) is 37.3 Å². The highest BCUT2D eigenvalue weighted by Crippen LogP contribution is 2.37. The maximum absolute atomic E-state index is 11.9. The molecule has 0 aliphatic heterocycles. The third-order valence-electron chi connectivity index (χ3n) is 3.14. The summed E-state index contributed by atoms with van der Waals surface area (Å²) in [5.74, 6) is 0.